The van der Waals surface area contributed by atoms with Gasteiger partial charge in [0.15, 0.2) is 5.13 Å². The van der Waals surface area contributed by atoms with Gasteiger partial charge in [0.05, 0.1) is 20.4 Å². The maximum Gasteiger partial charge on any atom is 0.270 e. The van der Waals surface area contributed by atoms with E-state index in [-0.39, 0.29) is 20.7 Å². The van der Waals surface area contributed by atoms with Crippen LogP contribution in [0.25, 0.3) is 0 Å². The highest BCUT2D eigenvalue weighted by atomic mass is 35.5. The molecule has 0 unspecified atom stereocenters. The molecule has 0 fully saturated rings. The van der Waals surface area contributed by atoms with E-state index in [2.05, 4.69) is 15.0 Å². The van der Waals surface area contributed by atoms with Crippen molar-refractivity contribution in [1.29, 1.82) is 0 Å². The first kappa shape index (κ1) is 24.7. The number of sulfonamides is 1. The summed E-state index contributed by atoms with van der Waals surface area (Å²) in [7, 11) is -3.81. The minimum atomic E-state index is -3.81. The third-order valence-electron chi connectivity index (χ3n) is 4.55. The molecule has 9 nitrogen and oxygen atoms in total. The number of nitro groups is 1. The summed E-state index contributed by atoms with van der Waals surface area (Å²) in [5, 5.41) is 15.8. The Labute approximate surface area is 213 Å². The Morgan fingerprint density at radius 2 is 1.80 bits per heavy atom. The van der Waals surface area contributed by atoms with Gasteiger partial charge in [-0.2, -0.15) is 0 Å². The number of carbonyl (C=O) groups excluding carboxylic acids is 1. The number of hydrogen-bond donors (Lipinski definition) is 2. The minimum absolute atomic E-state index is 0.0227. The van der Waals surface area contributed by atoms with Crippen molar-refractivity contribution in [3.63, 3.8) is 0 Å². The zero-order chi connectivity index (χ0) is 25.0. The summed E-state index contributed by atoms with van der Waals surface area (Å²) in [4.78, 5) is 28.4. The number of benzene rings is 3. The molecule has 0 aliphatic heterocycles. The van der Waals surface area contributed by atoms with Crippen LogP contribution in [-0.4, -0.2) is 24.2 Å². The summed E-state index contributed by atoms with van der Waals surface area (Å²) >= 11 is 8.56. The van der Waals surface area contributed by atoms with Crippen molar-refractivity contribution < 1.29 is 18.1 Å². The lowest BCUT2D eigenvalue weighted by molar-refractivity contribution is -0.384. The van der Waals surface area contributed by atoms with Gasteiger partial charge in [-0.25, -0.2) is 13.4 Å². The van der Waals surface area contributed by atoms with E-state index in [1.807, 2.05) is 0 Å². The molecular formula is C22H15ClN4O5S3. The first-order valence-corrected chi connectivity index (χ1v) is 13.3. The Balaban J connectivity index is 1.50. The number of non-ortho nitro benzene ring substituents is 1. The minimum Gasteiger partial charge on any atom is -0.322 e. The van der Waals surface area contributed by atoms with Gasteiger partial charge >= 0.3 is 0 Å². The molecule has 1 amide bonds. The van der Waals surface area contributed by atoms with E-state index in [9.17, 15) is 23.3 Å². The zero-order valence-electron chi connectivity index (χ0n) is 17.5. The molecule has 0 saturated carbocycles. The van der Waals surface area contributed by atoms with Crippen LogP contribution >= 0.6 is 34.7 Å². The molecule has 2 N–H and O–H groups in total. The monoisotopic (exact) mass is 546 g/mol. The van der Waals surface area contributed by atoms with Crippen LogP contribution in [0.2, 0.25) is 5.02 Å². The lowest BCUT2D eigenvalue weighted by Gasteiger charge is -2.11. The SMILES string of the molecule is O=C(Nc1ccc(S(=O)(=O)Nc2nccs2)cc1)c1ccccc1Sc1ccc([N+](=O)[O-])cc1Cl. The molecule has 0 spiro atoms. The van der Waals surface area contributed by atoms with Crippen molar-refractivity contribution >= 4 is 67.1 Å². The highest BCUT2D eigenvalue weighted by Gasteiger charge is 2.18. The molecular weight excluding hydrogens is 532 g/mol. The molecule has 4 rings (SSSR count). The number of anilines is 2. The number of amides is 1. The van der Waals surface area contributed by atoms with Crippen LogP contribution < -0.4 is 10.0 Å². The molecule has 178 valence electrons. The van der Waals surface area contributed by atoms with Gasteiger partial charge in [-0.1, -0.05) is 35.5 Å². The zero-order valence-corrected chi connectivity index (χ0v) is 20.7. The Morgan fingerprint density at radius 3 is 2.46 bits per heavy atom. The quantitative estimate of drug-likeness (QED) is 0.207. The average Bonchev–Trinajstić information content (AvgIpc) is 3.33. The van der Waals surface area contributed by atoms with Gasteiger partial charge < -0.3 is 5.32 Å². The largest absolute Gasteiger partial charge is 0.322 e. The molecule has 4 aromatic rings. The Hall–Kier alpha value is -3.45. The topological polar surface area (TPSA) is 131 Å². The van der Waals surface area contributed by atoms with E-state index in [0.717, 1.165) is 11.3 Å². The number of nitro benzene ring substituents is 1. The van der Waals surface area contributed by atoms with E-state index in [4.69, 9.17) is 11.6 Å². The lowest BCUT2D eigenvalue weighted by atomic mass is 10.2. The highest BCUT2D eigenvalue weighted by Crippen LogP contribution is 2.37. The Bertz CT molecular complexity index is 1490. The van der Waals surface area contributed by atoms with Crippen molar-refractivity contribution in [2.24, 2.45) is 0 Å². The maximum atomic E-state index is 13.0. The van der Waals surface area contributed by atoms with Crippen LogP contribution in [0.3, 0.4) is 0 Å². The van der Waals surface area contributed by atoms with E-state index in [1.165, 1.54) is 60.4 Å². The summed E-state index contributed by atoms with van der Waals surface area (Å²) < 4.78 is 27.3. The van der Waals surface area contributed by atoms with Gasteiger partial charge in [0.1, 0.15) is 0 Å². The lowest BCUT2D eigenvalue weighted by Crippen LogP contribution is -2.14. The predicted octanol–water partition coefficient (Wildman–Crippen LogP) is 5.91. The second kappa shape index (κ2) is 10.4. The Kier molecular flexibility index (Phi) is 7.36. The summed E-state index contributed by atoms with van der Waals surface area (Å²) in [6.45, 7) is 0. The van der Waals surface area contributed by atoms with Crippen LogP contribution in [0.5, 0.6) is 0 Å². The average molecular weight is 547 g/mol. The molecule has 0 atom stereocenters. The highest BCUT2D eigenvalue weighted by molar-refractivity contribution is 7.99. The predicted molar refractivity (Wildman–Crippen MR) is 136 cm³/mol. The second-order valence-electron chi connectivity index (χ2n) is 6.89. The second-order valence-corrected chi connectivity index (χ2v) is 11.0. The first-order valence-electron chi connectivity index (χ1n) is 9.77. The number of nitrogens with zero attached hydrogens (tertiary/aromatic N) is 2. The number of hydrogen-bond acceptors (Lipinski definition) is 8. The van der Waals surface area contributed by atoms with Crippen molar-refractivity contribution in [2.45, 2.75) is 14.7 Å². The van der Waals surface area contributed by atoms with E-state index < -0.39 is 20.9 Å². The van der Waals surface area contributed by atoms with Gasteiger partial charge in [0, 0.05) is 39.2 Å². The van der Waals surface area contributed by atoms with Gasteiger partial charge in [-0.05, 0) is 42.5 Å². The number of carbonyl (C=O) groups is 1. The molecule has 0 aliphatic rings. The van der Waals surface area contributed by atoms with Crippen LogP contribution in [0, 0.1) is 10.1 Å². The third kappa shape index (κ3) is 5.98. The normalized spacial score (nSPS) is 11.1. The molecule has 35 heavy (non-hydrogen) atoms. The molecule has 0 aliphatic carbocycles. The number of aromatic nitrogens is 1. The summed E-state index contributed by atoms with van der Waals surface area (Å²) in [6.07, 6.45) is 1.49. The molecule has 1 heterocycles. The van der Waals surface area contributed by atoms with Crippen LogP contribution in [0.15, 0.2) is 93.0 Å². The number of rotatable bonds is 8. The molecule has 13 heteroatoms. The van der Waals surface area contributed by atoms with Crippen molar-refractivity contribution in [2.75, 3.05) is 10.0 Å². The van der Waals surface area contributed by atoms with Gasteiger partial charge in [0.25, 0.3) is 21.6 Å². The van der Waals surface area contributed by atoms with Crippen LogP contribution in [0.4, 0.5) is 16.5 Å². The summed E-state index contributed by atoms with van der Waals surface area (Å²) in [6, 6.07) is 16.7. The van der Waals surface area contributed by atoms with Crippen molar-refractivity contribution in [1.82, 2.24) is 4.98 Å². The first-order chi connectivity index (χ1) is 16.7. The molecule has 0 bridgehead atoms. The molecule has 3 aromatic carbocycles. The van der Waals surface area contributed by atoms with E-state index >= 15 is 0 Å². The van der Waals surface area contributed by atoms with E-state index in [0.29, 0.717) is 21.0 Å². The summed E-state index contributed by atoms with van der Waals surface area (Å²) in [5.41, 5.74) is 0.628. The molecule has 0 saturated heterocycles. The fraction of sp³-hybridized carbons (Fsp3) is 0. The summed E-state index contributed by atoms with van der Waals surface area (Å²) in [5.74, 6) is -0.414. The van der Waals surface area contributed by atoms with Crippen LogP contribution in [0.1, 0.15) is 10.4 Å². The third-order valence-corrected chi connectivity index (χ3v) is 8.30. The fourth-order valence-corrected chi connectivity index (χ4v) is 5.94. The maximum absolute atomic E-state index is 13.0. The van der Waals surface area contributed by atoms with E-state index in [1.54, 1.807) is 29.6 Å². The van der Waals surface area contributed by atoms with Gasteiger partial charge in [-0.15, -0.1) is 11.3 Å². The van der Waals surface area contributed by atoms with Gasteiger partial charge in [0.2, 0.25) is 0 Å². The number of thiazole rings is 1. The molecule has 1 aromatic heterocycles. The smallest absolute Gasteiger partial charge is 0.270 e. The van der Waals surface area contributed by atoms with Crippen molar-refractivity contribution in [3.8, 4) is 0 Å². The van der Waals surface area contributed by atoms with Crippen molar-refractivity contribution in [3.05, 3.63) is 99.0 Å². The number of halogens is 1. The van der Waals surface area contributed by atoms with Crippen LogP contribution in [-0.2, 0) is 10.0 Å². The molecule has 0 radical (unpaired) electrons. The Morgan fingerprint density at radius 1 is 1.06 bits per heavy atom. The number of nitrogens with one attached hydrogen (secondary N) is 2. The fourth-order valence-electron chi connectivity index (χ4n) is 2.91. The standard InChI is InChI=1S/C22H15ClN4O5S3/c23-18-13-15(27(29)30)7-10-20(18)34-19-4-2-1-3-17(19)21(28)25-14-5-8-16(9-6-14)35(31,32)26-22-24-11-12-33-22/h1-13H,(H,24,26)(H,25,28). The van der Waals surface area contributed by atoms with Gasteiger partial charge in [-0.3, -0.25) is 19.6 Å².